The molecule has 1 unspecified atom stereocenters. The first-order chi connectivity index (χ1) is 14.0. The minimum absolute atomic E-state index is 0.292. The molecule has 4 rings (SSSR count). The summed E-state index contributed by atoms with van der Waals surface area (Å²) in [5, 5.41) is 0. The lowest BCUT2D eigenvalue weighted by atomic mass is 9.84. The Labute approximate surface area is 168 Å². The van der Waals surface area contributed by atoms with Gasteiger partial charge >= 0.3 is 6.18 Å². The molecule has 2 saturated heterocycles. The lowest BCUT2D eigenvalue weighted by Gasteiger charge is -2.43. The van der Waals surface area contributed by atoms with E-state index in [1.165, 1.54) is 17.8 Å². The molecule has 8 heteroatoms. The summed E-state index contributed by atoms with van der Waals surface area (Å²) in [7, 11) is 0. The van der Waals surface area contributed by atoms with Gasteiger partial charge in [0.15, 0.2) is 0 Å². The smallest absolute Gasteiger partial charge is 0.379 e. The van der Waals surface area contributed by atoms with Gasteiger partial charge in [-0.05, 0) is 42.5 Å². The highest BCUT2D eigenvalue weighted by Crippen LogP contribution is 2.37. The fraction of sp³-hybridized carbons (Fsp3) is 0.524. The van der Waals surface area contributed by atoms with Crippen molar-refractivity contribution in [2.45, 2.75) is 25.1 Å². The van der Waals surface area contributed by atoms with E-state index in [4.69, 9.17) is 4.74 Å². The van der Waals surface area contributed by atoms with Gasteiger partial charge in [-0.3, -0.25) is 9.88 Å². The summed E-state index contributed by atoms with van der Waals surface area (Å²) in [5.41, 5.74) is 1.13. The van der Waals surface area contributed by atoms with Crippen LogP contribution >= 0.6 is 0 Å². The van der Waals surface area contributed by atoms with Crippen molar-refractivity contribution in [2.24, 2.45) is 5.92 Å². The van der Waals surface area contributed by atoms with Crippen LogP contribution in [0.3, 0.4) is 0 Å². The second-order valence-corrected chi connectivity index (χ2v) is 7.60. The van der Waals surface area contributed by atoms with Crippen LogP contribution in [0, 0.1) is 5.92 Å². The van der Waals surface area contributed by atoms with E-state index in [9.17, 15) is 13.2 Å². The van der Waals surface area contributed by atoms with Crippen LogP contribution in [0.5, 0.6) is 0 Å². The van der Waals surface area contributed by atoms with E-state index in [0.29, 0.717) is 12.0 Å². The van der Waals surface area contributed by atoms with Crippen molar-refractivity contribution in [3.05, 3.63) is 54.1 Å². The molecular formula is C21H25F3N4O. The van der Waals surface area contributed by atoms with E-state index in [0.717, 1.165) is 64.0 Å². The molecule has 0 bridgehead atoms. The van der Waals surface area contributed by atoms with E-state index in [1.54, 1.807) is 6.20 Å². The SMILES string of the molecule is FC(F)(F)c1ccc(N2CCC(C(c3cccnc3)N3CCOCC3)CC2)cn1. The predicted octanol–water partition coefficient (Wildman–Crippen LogP) is 3.79. The van der Waals surface area contributed by atoms with Crippen LogP contribution < -0.4 is 4.90 Å². The monoisotopic (exact) mass is 406 g/mol. The molecule has 2 aromatic heterocycles. The molecule has 0 saturated carbocycles. The van der Waals surface area contributed by atoms with E-state index < -0.39 is 11.9 Å². The molecule has 2 fully saturated rings. The summed E-state index contributed by atoms with van der Waals surface area (Å²) in [6, 6.07) is 7.00. The fourth-order valence-corrected chi connectivity index (χ4v) is 4.40. The lowest BCUT2D eigenvalue weighted by Crippen LogP contribution is -2.45. The Balaban J connectivity index is 1.45. The first-order valence-electron chi connectivity index (χ1n) is 10.0. The van der Waals surface area contributed by atoms with Crippen molar-refractivity contribution >= 4 is 5.69 Å². The molecule has 5 nitrogen and oxygen atoms in total. The summed E-state index contributed by atoms with van der Waals surface area (Å²) in [4.78, 5) is 12.5. The summed E-state index contributed by atoms with van der Waals surface area (Å²) >= 11 is 0. The zero-order valence-electron chi connectivity index (χ0n) is 16.2. The van der Waals surface area contributed by atoms with Gasteiger partial charge in [0.25, 0.3) is 0 Å². The second kappa shape index (κ2) is 8.67. The van der Waals surface area contributed by atoms with Crippen molar-refractivity contribution in [2.75, 3.05) is 44.3 Å². The number of anilines is 1. The standard InChI is InChI=1S/C21H25F3N4O/c22-21(23,24)19-4-3-18(15-26-19)27-8-5-16(6-9-27)20(17-2-1-7-25-14-17)28-10-12-29-13-11-28/h1-4,7,14-16,20H,5-6,8-13H2. The van der Waals surface area contributed by atoms with Crippen LogP contribution in [0.25, 0.3) is 0 Å². The molecule has 2 aliphatic rings. The topological polar surface area (TPSA) is 41.5 Å². The zero-order valence-corrected chi connectivity index (χ0v) is 16.2. The Hall–Kier alpha value is -2.19. The fourth-order valence-electron chi connectivity index (χ4n) is 4.40. The zero-order chi connectivity index (χ0) is 20.3. The molecule has 0 amide bonds. The van der Waals surface area contributed by atoms with Crippen molar-refractivity contribution in [3.8, 4) is 0 Å². The molecule has 0 N–H and O–H groups in total. The molecular weight excluding hydrogens is 381 g/mol. The highest BCUT2D eigenvalue weighted by Gasteiger charge is 2.34. The summed E-state index contributed by atoms with van der Waals surface area (Å²) in [5.74, 6) is 0.468. The van der Waals surface area contributed by atoms with E-state index in [-0.39, 0.29) is 0 Å². The van der Waals surface area contributed by atoms with Gasteiger partial charge in [-0.2, -0.15) is 13.2 Å². The highest BCUT2D eigenvalue weighted by molar-refractivity contribution is 5.45. The molecule has 0 aromatic carbocycles. The number of pyridine rings is 2. The van der Waals surface area contributed by atoms with Crippen molar-refractivity contribution in [1.29, 1.82) is 0 Å². The Bertz CT molecular complexity index is 771. The second-order valence-electron chi connectivity index (χ2n) is 7.60. The van der Waals surface area contributed by atoms with Gasteiger partial charge in [0.1, 0.15) is 5.69 Å². The number of morpholine rings is 1. The van der Waals surface area contributed by atoms with E-state index in [1.807, 2.05) is 12.3 Å². The third kappa shape index (κ3) is 4.70. The Morgan fingerprint density at radius 3 is 2.34 bits per heavy atom. The van der Waals surface area contributed by atoms with E-state index in [2.05, 4.69) is 25.8 Å². The highest BCUT2D eigenvalue weighted by atomic mass is 19.4. The van der Waals surface area contributed by atoms with Crippen molar-refractivity contribution in [1.82, 2.24) is 14.9 Å². The largest absolute Gasteiger partial charge is 0.433 e. The van der Waals surface area contributed by atoms with Crippen LogP contribution in [-0.4, -0.2) is 54.3 Å². The number of alkyl halides is 3. The molecule has 2 aliphatic heterocycles. The number of hydrogen-bond acceptors (Lipinski definition) is 5. The van der Waals surface area contributed by atoms with Crippen LogP contribution in [0.15, 0.2) is 42.9 Å². The van der Waals surface area contributed by atoms with Crippen LogP contribution in [0.1, 0.15) is 30.1 Å². The molecule has 0 spiro atoms. The van der Waals surface area contributed by atoms with Crippen LogP contribution in [-0.2, 0) is 10.9 Å². The molecule has 4 heterocycles. The van der Waals surface area contributed by atoms with Gasteiger partial charge in [-0.25, -0.2) is 4.98 Å². The number of halogens is 3. The molecule has 0 aliphatic carbocycles. The van der Waals surface area contributed by atoms with Gasteiger partial charge in [0.05, 0.1) is 25.1 Å². The predicted molar refractivity (Wildman–Crippen MR) is 104 cm³/mol. The van der Waals surface area contributed by atoms with Gasteiger partial charge in [0.2, 0.25) is 0 Å². The summed E-state index contributed by atoms with van der Waals surface area (Å²) in [6.07, 6.45) is 2.62. The number of nitrogens with zero attached hydrogens (tertiary/aromatic N) is 4. The minimum atomic E-state index is -4.40. The maximum Gasteiger partial charge on any atom is 0.433 e. The van der Waals surface area contributed by atoms with Gasteiger partial charge in [-0.15, -0.1) is 0 Å². The quantitative estimate of drug-likeness (QED) is 0.773. The molecule has 2 aromatic rings. The van der Waals surface area contributed by atoms with Crippen LogP contribution in [0.4, 0.5) is 18.9 Å². The summed E-state index contributed by atoms with van der Waals surface area (Å²) in [6.45, 7) is 4.91. The average Bonchev–Trinajstić information content (AvgIpc) is 2.76. The average molecular weight is 406 g/mol. The molecule has 29 heavy (non-hydrogen) atoms. The third-order valence-corrected chi connectivity index (χ3v) is 5.85. The van der Waals surface area contributed by atoms with Crippen LogP contribution in [0.2, 0.25) is 0 Å². The van der Waals surface area contributed by atoms with Gasteiger partial charge in [-0.1, -0.05) is 6.07 Å². The maximum absolute atomic E-state index is 12.7. The van der Waals surface area contributed by atoms with Crippen molar-refractivity contribution in [3.63, 3.8) is 0 Å². The van der Waals surface area contributed by atoms with Gasteiger partial charge < -0.3 is 9.64 Å². The van der Waals surface area contributed by atoms with Gasteiger partial charge in [0, 0.05) is 44.6 Å². The Morgan fingerprint density at radius 1 is 1.00 bits per heavy atom. The molecule has 156 valence electrons. The number of piperidine rings is 1. The Kier molecular flexibility index (Phi) is 6.01. The first kappa shape index (κ1) is 20.1. The first-order valence-corrected chi connectivity index (χ1v) is 10.0. The third-order valence-electron chi connectivity index (χ3n) is 5.85. The maximum atomic E-state index is 12.7. The van der Waals surface area contributed by atoms with E-state index >= 15 is 0 Å². The molecule has 1 atom stereocenters. The summed E-state index contributed by atoms with van der Waals surface area (Å²) < 4.78 is 43.8. The number of aromatic nitrogens is 2. The molecule has 0 radical (unpaired) electrons. The lowest BCUT2D eigenvalue weighted by molar-refractivity contribution is -0.141. The number of rotatable bonds is 4. The normalized spacial score (nSPS) is 20.6. The minimum Gasteiger partial charge on any atom is -0.379 e. The Morgan fingerprint density at radius 2 is 1.76 bits per heavy atom. The van der Waals surface area contributed by atoms with Crippen molar-refractivity contribution < 1.29 is 17.9 Å². The number of hydrogen-bond donors (Lipinski definition) is 0. The number of ether oxygens (including phenoxy) is 1.